The number of rotatable bonds is 3. The molecule has 106 valence electrons. The maximum Gasteiger partial charge on any atom is 0.218 e. The number of azo groups is 1. The van der Waals surface area contributed by atoms with E-state index in [9.17, 15) is 5.11 Å². The zero-order chi connectivity index (χ0) is 14.8. The molecule has 0 aliphatic heterocycles. The number of aromatic amines is 1. The highest BCUT2D eigenvalue weighted by molar-refractivity contribution is 5.94. The minimum Gasteiger partial charge on any atom is -0.493 e. The highest BCUT2D eigenvalue weighted by Crippen LogP contribution is 2.37. The fourth-order valence-electron chi connectivity index (χ4n) is 2.16. The van der Waals surface area contributed by atoms with Gasteiger partial charge in [-0.1, -0.05) is 26.0 Å². The Labute approximate surface area is 122 Å². The summed E-state index contributed by atoms with van der Waals surface area (Å²) in [6.07, 6.45) is 1.65. The molecule has 0 aliphatic rings. The van der Waals surface area contributed by atoms with Crippen LogP contribution in [0.25, 0.3) is 10.9 Å². The van der Waals surface area contributed by atoms with E-state index in [1.807, 2.05) is 30.3 Å². The van der Waals surface area contributed by atoms with E-state index in [1.165, 1.54) is 5.56 Å². The minimum atomic E-state index is 0.0191. The number of H-pyrrole nitrogens is 1. The maximum absolute atomic E-state index is 10.0. The number of aromatic hydroxyl groups is 1. The van der Waals surface area contributed by atoms with Crippen LogP contribution in [0.5, 0.6) is 5.88 Å². The van der Waals surface area contributed by atoms with Gasteiger partial charge in [-0.2, -0.15) is 0 Å². The van der Waals surface area contributed by atoms with E-state index in [-0.39, 0.29) is 5.88 Å². The lowest BCUT2D eigenvalue weighted by Crippen LogP contribution is -1.85. The van der Waals surface area contributed by atoms with E-state index < -0.39 is 0 Å². The molecule has 0 fully saturated rings. The first-order chi connectivity index (χ1) is 10.1. The van der Waals surface area contributed by atoms with Crippen LogP contribution in [-0.4, -0.2) is 15.1 Å². The van der Waals surface area contributed by atoms with Gasteiger partial charge < -0.3 is 10.1 Å². The molecule has 5 nitrogen and oxygen atoms in total. The first-order valence-corrected chi connectivity index (χ1v) is 6.82. The average molecular weight is 280 g/mol. The van der Waals surface area contributed by atoms with Gasteiger partial charge in [0.2, 0.25) is 5.88 Å². The van der Waals surface area contributed by atoms with E-state index in [0.717, 1.165) is 10.9 Å². The van der Waals surface area contributed by atoms with Gasteiger partial charge >= 0.3 is 0 Å². The first-order valence-electron chi connectivity index (χ1n) is 6.82. The summed E-state index contributed by atoms with van der Waals surface area (Å²) in [5, 5.41) is 19.1. The van der Waals surface area contributed by atoms with Crippen LogP contribution < -0.4 is 0 Å². The number of aromatic nitrogens is 2. The van der Waals surface area contributed by atoms with Gasteiger partial charge in [-0.3, -0.25) is 0 Å². The first kappa shape index (κ1) is 13.3. The van der Waals surface area contributed by atoms with Crippen LogP contribution in [0.1, 0.15) is 25.3 Å². The number of nitrogens with zero attached hydrogens (tertiary/aromatic N) is 3. The summed E-state index contributed by atoms with van der Waals surface area (Å²) in [6.45, 7) is 4.26. The maximum atomic E-state index is 10.0. The molecule has 0 unspecified atom stereocenters. The molecule has 2 aromatic heterocycles. The lowest BCUT2D eigenvalue weighted by molar-refractivity contribution is 0.459. The van der Waals surface area contributed by atoms with Crippen molar-refractivity contribution < 1.29 is 5.11 Å². The summed E-state index contributed by atoms with van der Waals surface area (Å²) in [4.78, 5) is 6.99. The fourth-order valence-corrected chi connectivity index (χ4v) is 2.16. The van der Waals surface area contributed by atoms with Gasteiger partial charge in [0, 0.05) is 11.6 Å². The predicted octanol–water partition coefficient (Wildman–Crippen LogP) is 4.81. The molecule has 0 radical (unpaired) electrons. The molecule has 0 amide bonds. The van der Waals surface area contributed by atoms with Crippen LogP contribution in [0.15, 0.2) is 52.8 Å². The normalized spacial score (nSPS) is 11.8. The highest BCUT2D eigenvalue weighted by atomic mass is 16.3. The molecule has 5 heteroatoms. The van der Waals surface area contributed by atoms with E-state index in [2.05, 4.69) is 34.0 Å². The molecule has 0 spiro atoms. The fraction of sp³-hybridized carbons (Fsp3) is 0.188. The number of hydrogen-bond acceptors (Lipinski definition) is 4. The SMILES string of the molecule is CC(C)c1ccc2[nH]c(O)c(N=Nc3ccccn3)c2c1. The summed E-state index contributed by atoms with van der Waals surface area (Å²) in [5.41, 5.74) is 2.47. The lowest BCUT2D eigenvalue weighted by atomic mass is 10.0. The number of hydrogen-bond donors (Lipinski definition) is 2. The molecule has 1 aromatic carbocycles. The monoisotopic (exact) mass is 280 g/mol. The molecule has 0 bridgehead atoms. The Kier molecular flexibility index (Phi) is 3.39. The van der Waals surface area contributed by atoms with Crippen molar-refractivity contribution in [2.24, 2.45) is 10.2 Å². The van der Waals surface area contributed by atoms with Crippen molar-refractivity contribution in [2.75, 3.05) is 0 Å². The molecule has 0 saturated heterocycles. The number of pyridine rings is 1. The number of fused-ring (bicyclic) bond motifs is 1. The summed E-state index contributed by atoms with van der Waals surface area (Å²) >= 11 is 0. The third-order valence-electron chi connectivity index (χ3n) is 3.34. The van der Waals surface area contributed by atoms with Crippen molar-refractivity contribution in [3.63, 3.8) is 0 Å². The zero-order valence-corrected chi connectivity index (χ0v) is 11.9. The largest absolute Gasteiger partial charge is 0.493 e. The quantitative estimate of drug-likeness (QED) is 0.676. The van der Waals surface area contributed by atoms with Gasteiger partial charge in [0.1, 0.15) is 0 Å². The van der Waals surface area contributed by atoms with E-state index in [1.54, 1.807) is 12.3 Å². The standard InChI is InChI=1S/C16H16N4O/c1-10(2)11-6-7-13-12(9-11)15(16(21)18-13)20-19-14-5-3-4-8-17-14/h3-10,18,21H,1-2H3. The van der Waals surface area contributed by atoms with Crippen molar-refractivity contribution in [2.45, 2.75) is 19.8 Å². The molecule has 3 aromatic rings. The van der Waals surface area contributed by atoms with Crippen LogP contribution in [0.2, 0.25) is 0 Å². The van der Waals surface area contributed by atoms with Crippen molar-refractivity contribution in [3.05, 3.63) is 48.2 Å². The number of nitrogens with one attached hydrogen (secondary N) is 1. The van der Waals surface area contributed by atoms with Crippen molar-refractivity contribution in [1.82, 2.24) is 9.97 Å². The molecule has 0 saturated carbocycles. The van der Waals surface area contributed by atoms with Crippen molar-refractivity contribution >= 4 is 22.4 Å². The molecular formula is C16H16N4O. The minimum absolute atomic E-state index is 0.0191. The second-order valence-electron chi connectivity index (χ2n) is 5.17. The third kappa shape index (κ3) is 2.63. The lowest BCUT2D eigenvalue weighted by Gasteiger charge is -2.04. The highest BCUT2D eigenvalue weighted by Gasteiger charge is 2.12. The average Bonchev–Trinajstić information content (AvgIpc) is 2.80. The Hall–Kier alpha value is -2.69. The van der Waals surface area contributed by atoms with E-state index in [4.69, 9.17) is 0 Å². The second-order valence-corrected chi connectivity index (χ2v) is 5.17. The Morgan fingerprint density at radius 2 is 2.00 bits per heavy atom. The van der Waals surface area contributed by atoms with E-state index in [0.29, 0.717) is 17.4 Å². The van der Waals surface area contributed by atoms with Crippen LogP contribution in [0, 0.1) is 0 Å². The van der Waals surface area contributed by atoms with Crippen molar-refractivity contribution in [3.8, 4) is 5.88 Å². The van der Waals surface area contributed by atoms with Crippen LogP contribution in [0.3, 0.4) is 0 Å². The van der Waals surface area contributed by atoms with Gasteiger partial charge in [-0.05, 0) is 35.7 Å². The second kappa shape index (κ2) is 5.36. The Bertz CT molecular complexity index is 791. The Morgan fingerprint density at radius 3 is 2.71 bits per heavy atom. The zero-order valence-electron chi connectivity index (χ0n) is 11.9. The summed E-state index contributed by atoms with van der Waals surface area (Å²) < 4.78 is 0. The summed E-state index contributed by atoms with van der Waals surface area (Å²) in [7, 11) is 0. The topological polar surface area (TPSA) is 73.6 Å². The molecule has 2 heterocycles. The molecule has 21 heavy (non-hydrogen) atoms. The Balaban J connectivity index is 2.07. The smallest absolute Gasteiger partial charge is 0.218 e. The molecule has 0 atom stereocenters. The molecule has 0 aliphatic carbocycles. The number of benzene rings is 1. The van der Waals surface area contributed by atoms with Crippen LogP contribution in [0.4, 0.5) is 11.5 Å². The predicted molar refractivity (Wildman–Crippen MR) is 82.5 cm³/mol. The van der Waals surface area contributed by atoms with Crippen LogP contribution in [-0.2, 0) is 0 Å². The van der Waals surface area contributed by atoms with Crippen molar-refractivity contribution in [1.29, 1.82) is 0 Å². The van der Waals surface area contributed by atoms with Gasteiger partial charge in [-0.15, -0.1) is 10.2 Å². The third-order valence-corrected chi connectivity index (χ3v) is 3.34. The van der Waals surface area contributed by atoms with E-state index >= 15 is 0 Å². The van der Waals surface area contributed by atoms with Gasteiger partial charge in [0.05, 0.1) is 5.52 Å². The molecule has 2 N–H and O–H groups in total. The van der Waals surface area contributed by atoms with Gasteiger partial charge in [0.25, 0.3) is 0 Å². The summed E-state index contributed by atoms with van der Waals surface area (Å²) in [5.74, 6) is 0.934. The van der Waals surface area contributed by atoms with Crippen LogP contribution >= 0.6 is 0 Å². The summed E-state index contributed by atoms with van der Waals surface area (Å²) in [6, 6.07) is 11.4. The Morgan fingerprint density at radius 1 is 1.14 bits per heavy atom. The van der Waals surface area contributed by atoms with Gasteiger partial charge in [0.15, 0.2) is 11.5 Å². The molecule has 3 rings (SSSR count). The molecular weight excluding hydrogens is 264 g/mol. The van der Waals surface area contributed by atoms with Gasteiger partial charge in [-0.25, -0.2) is 4.98 Å².